The molecular weight excluding hydrogens is 759 g/mol. The Kier molecular flexibility index (Phi) is 10.9. The maximum absolute atomic E-state index is 13.4. The van der Waals surface area contributed by atoms with E-state index in [0.717, 1.165) is 0 Å². The molecule has 1 aliphatic rings. The highest BCUT2D eigenvalue weighted by molar-refractivity contribution is 14.1. The van der Waals surface area contributed by atoms with Crippen LogP contribution in [0.3, 0.4) is 0 Å². The van der Waals surface area contributed by atoms with Crippen LogP contribution in [0.5, 0.6) is 0 Å². The molecule has 0 bridgehead atoms. The summed E-state index contributed by atoms with van der Waals surface area (Å²) in [6, 6.07) is 0. The molecule has 1 fully saturated rings. The van der Waals surface area contributed by atoms with E-state index in [1.165, 1.54) is 0 Å². The van der Waals surface area contributed by atoms with Gasteiger partial charge < -0.3 is 25.4 Å². The first-order valence-corrected chi connectivity index (χ1v) is 13.2. The summed E-state index contributed by atoms with van der Waals surface area (Å²) in [6.45, 7) is 5.10. The summed E-state index contributed by atoms with van der Waals surface area (Å²) >= 11 is 6.14. The van der Waals surface area contributed by atoms with Gasteiger partial charge in [0.05, 0.1) is 46.8 Å². The van der Waals surface area contributed by atoms with Crippen LogP contribution in [0.1, 0.15) is 43.5 Å². The van der Waals surface area contributed by atoms with Gasteiger partial charge in [0, 0.05) is 25.9 Å². The highest BCUT2D eigenvalue weighted by Crippen LogP contribution is 2.39. The Morgan fingerprint density at radius 1 is 1.00 bits per heavy atom. The van der Waals surface area contributed by atoms with Crippen molar-refractivity contribution in [2.75, 3.05) is 36.9 Å². The number of nitrogens with one attached hydrogen (secondary N) is 2. The standard InChI is InChI=1S/C20H24I3N3O6/c1-3-11(27)24-17-14(21)13(19(29)26-6-8-32-9-7-26)15(22)18(16(17)23)25-12(28)5-4-10(2)20(30)31/h10H,3-9H2,1-2H3,(H,24,27)(H,25,28)(H,30,31). The molecule has 3 amide bonds. The van der Waals surface area contributed by atoms with E-state index in [9.17, 15) is 19.2 Å². The van der Waals surface area contributed by atoms with Gasteiger partial charge >= 0.3 is 5.97 Å². The molecule has 1 unspecified atom stereocenters. The summed E-state index contributed by atoms with van der Waals surface area (Å²) in [5, 5.41) is 14.7. The summed E-state index contributed by atoms with van der Waals surface area (Å²) in [5.41, 5.74) is 1.32. The number of carbonyl (C=O) groups is 4. The summed E-state index contributed by atoms with van der Waals surface area (Å²) in [7, 11) is 0. The van der Waals surface area contributed by atoms with E-state index in [0.29, 0.717) is 54.0 Å². The SMILES string of the molecule is CCC(=O)Nc1c(I)c(NC(=O)CCC(C)C(=O)O)c(I)c(C(=O)N2CCOCC2)c1I. The molecule has 1 heterocycles. The number of hydrogen-bond acceptors (Lipinski definition) is 5. The van der Waals surface area contributed by atoms with Crippen LogP contribution < -0.4 is 10.6 Å². The van der Waals surface area contributed by atoms with Gasteiger partial charge in [-0.25, -0.2) is 0 Å². The number of carboxylic acid groups (broad SMARTS) is 1. The molecule has 1 aromatic carbocycles. The highest BCUT2D eigenvalue weighted by Gasteiger charge is 2.29. The second-order valence-corrected chi connectivity index (χ2v) is 10.4. The fraction of sp³-hybridized carbons (Fsp3) is 0.500. The van der Waals surface area contributed by atoms with Crippen molar-refractivity contribution in [3.05, 3.63) is 16.3 Å². The number of carboxylic acids is 1. The fourth-order valence-corrected chi connectivity index (χ4v) is 7.06. The van der Waals surface area contributed by atoms with Gasteiger partial charge in [-0.1, -0.05) is 13.8 Å². The third kappa shape index (κ3) is 6.88. The van der Waals surface area contributed by atoms with Crippen molar-refractivity contribution in [3.8, 4) is 0 Å². The van der Waals surface area contributed by atoms with Gasteiger partial charge in [-0.15, -0.1) is 0 Å². The normalized spacial score (nSPS) is 14.6. The van der Waals surface area contributed by atoms with Gasteiger partial charge in [-0.3, -0.25) is 19.2 Å². The first-order valence-electron chi connectivity index (χ1n) is 9.98. The van der Waals surface area contributed by atoms with Crippen molar-refractivity contribution in [3.63, 3.8) is 0 Å². The summed E-state index contributed by atoms with van der Waals surface area (Å²) in [4.78, 5) is 50.8. The number of halogens is 3. The predicted molar refractivity (Wildman–Crippen MR) is 145 cm³/mol. The molecule has 0 spiro atoms. The van der Waals surface area contributed by atoms with Gasteiger partial charge in [0.25, 0.3) is 5.91 Å². The van der Waals surface area contributed by atoms with E-state index in [2.05, 4.69) is 33.2 Å². The number of aliphatic carboxylic acids is 1. The minimum Gasteiger partial charge on any atom is -0.481 e. The Morgan fingerprint density at radius 3 is 2.03 bits per heavy atom. The lowest BCUT2D eigenvalue weighted by Gasteiger charge is -2.29. The van der Waals surface area contributed by atoms with Gasteiger partial charge in [-0.05, 0) is 74.2 Å². The molecule has 0 aromatic heterocycles. The van der Waals surface area contributed by atoms with Crippen LogP contribution in [0, 0.1) is 16.6 Å². The van der Waals surface area contributed by atoms with Gasteiger partial charge in [-0.2, -0.15) is 0 Å². The molecule has 0 radical (unpaired) electrons. The Hall–Kier alpha value is -0.750. The van der Waals surface area contributed by atoms with Crippen molar-refractivity contribution < 1.29 is 29.0 Å². The van der Waals surface area contributed by atoms with Gasteiger partial charge in [0.2, 0.25) is 11.8 Å². The minimum absolute atomic E-state index is 0.0228. The third-order valence-electron chi connectivity index (χ3n) is 4.91. The van der Waals surface area contributed by atoms with Crippen LogP contribution in [0.15, 0.2) is 0 Å². The lowest BCUT2D eigenvalue weighted by atomic mass is 10.1. The Balaban J connectivity index is 2.46. The fourth-order valence-electron chi connectivity index (χ4n) is 2.90. The second kappa shape index (κ2) is 12.6. The zero-order valence-electron chi connectivity index (χ0n) is 17.6. The number of carbonyl (C=O) groups excluding carboxylic acids is 3. The molecule has 3 N–H and O–H groups in total. The van der Waals surface area contributed by atoms with Crippen molar-refractivity contribution >= 4 is 103 Å². The van der Waals surface area contributed by atoms with Crippen LogP contribution in [-0.2, 0) is 19.1 Å². The van der Waals surface area contributed by atoms with E-state index >= 15 is 0 Å². The van der Waals surface area contributed by atoms with Crippen LogP contribution >= 0.6 is 67.8 Å². The largest absolute Gasteiger partial charge is 0.481 e. The average Bonchev–Trinajstić information content (AvgIpc) is 2.78. The van der Waals surface area contributed by atoms with E-state index in [4.69, 9.17) is 9.84 Å². The maximum Gasteiger partial charge on any atom is 0.306 e. The molecule has 9 nitrogen and oxygen atoms in total. The van der Waals surface area contributed by atoms with Crippen LogP contribution in [0.4, 0.5) is 11.4 Å². The molecule has 1 atom stereocenters. The first kappa shape index (κ1) is 27.5. The molecule has 1 aliphatic heterocycles. The third-order valence-corrected chi connectivity index (χ3v) is 8.14. The molecule has 1 saturated heterocycles. The average molecular weight is 783 g/mol. The number of anilines is 2. The van der Waals surface area contributed by atoms with E-state index in [1.54, 1.807) is 18.7 Å². The minimum atomic E-state index is -0.959. The smallest absolute Gasteiger partial charge is 0.306 e. The molecule has 12 heteroatoms. The molecule has 32 heavy (non-hydrogen) atoms. The van der Waals surface area contributed by atoms with E-state index in [-0.39, 0.29) is 37.0 Å². The van der Waals surface area contributed by atoms with Crippen molar-refractivity contribution in [2.45, 2.75) is 33.1 Å². The lowest BCUT2D eigenvalue weighted by Crippen LogP contribution is -2.41. The zero-order valence-corrected chi connectivity index (χ0v) is 24.1. The maximum atomic E-state index is 13.4. The summed E-state index contributed by atoms with van der Waals surface area (Å²) in [5.74, 6) is -2.36. The Labute approximate surface area is 227 Å². The number of nitrogens with zero attached hydrogens (tertiary/aromatic N) is 1. The number of ether oxygens (including phenoxy) is 1. The van der Waals surface area contributed by atoms with Crippen LogP contribution in [-0.4, -0.2) is 60.0 Å². The molecule has 1 aromatic rings. The topological polar surface area (TPSA) is 125 Å². The monoisotopic (exact) mass is 783 g/mol. The molecule has 2 rings (SSSR count). The Morgan fingerprint density at radius 2 is 1.53 bits per heavy atom. The number of benzene rings is 1. The van der Waals surface area contributed by atoms with E-state index < -0.39 is 11.9 Å². The highest BCUT2D eigenvalue weighted by atomic mass is 127. The Bertz CT molecular complexity index is 919. The quantitative estimate of drug-likeness (QED) is 0.346. The van der Waals surface area contributed by atoms with Crippen molar-refractivity contribution in [1.29, 1.82) is 0 Å². The van der Waals surface area contributed by atoms with Crippen LogP contribution in [0.2, 0.25) is 0 Å². The van der Waals surface area contributed by atoms with Crippen molar-refractivity contribution in [1.82, 2.24) is 4.90 Å². The second-order valence-electron chi connectivity index (χ2n) is 7.20. The molecule has 0 aliphatic carbocycles. The number of amides is 3. The zero-order chi connectivity index (χ0) is 24.0. The number of rotatable bonds is 8. The van der Waals surface area contributed by atoms with Crippen LogP contribution in [0.25, 0.3) is 0 Å². The van der Waals surface area contributed by atoms with Gasteiger partial charge in [0.1, 0.15) is 0 Å². The molecular formula is C20H24I3N3O6. The first-order chi connectivity index (χ1) is 15.1. The predicted octanol–water partition coefficient (Wildman–Crippen LogP) is 3.76. The summed E-state index contributed by atoms with van der Waals surface area (Å²) in [6.07, 6.45) is 0.479. The number of hydrogen-bond donors (Lipinski definition) is 3. The molecule has 176 valence electrons. The summed E-state index contributed by atoms with van der Waals surface area (Å²) < 4.78 is 7.12. The van der Waals surface area contributed by atoms with Crippen molar-refractivity contribution in [2.24, 2.45) is 5.92 Å². The number of morpholine rings is 1. The molecule has 0 saturated carbocycles. The van der Waals surface area contributed by atoms with Gasteiger partial charge in [0.15, 0.2) is 0 Å². The van der Waals surface area contributed by atoms with E-state index in [1.807, 2.05) is 45.2 Å². The lowest BCUT2D eigenvalue weighted by molar-refractivity contribution is -0.141.